The molecule has 0 aliphatic carbocycles. The Morgan fingerprint density at radius 3 is 2.59 bits per heavy atom. The van der Waals surface area contributed by atoms with Crippen molar-refractivity contribution in [1.29, 1.82) is 0 Å². The summed E-state index contributed by atoms with van der Waals surface area (Å²) in [6, 6.07) is 14.1. The molecule has 0 bridgehead atoms. The number of hydrazone groups is 1. The first-order valence-corrected chi connectivity index (χ1v) is 9.04. The second-order valence-corrected chi connectivity index (χ2v) is 5.81. The molecule has 1 N–H and O–H groups in total. The second kappa shape index (κ2) is 11.3. The minimum absolute atomic E-state index is 0.215. The highest BCUT2D eigenvalue weighted by atomic mass is 16.6. The maximum absolute atomic E-state index is 12.1. The standard InChI is InChI=1S/C21H24N2O6/c1-4-27-20(24)14-28-18-11-10-16(12-19(18)26-3)13-22-23-21(25)15(2)29-17-8-6-5-7-9-17/h5-13,15H,4,14H2,1-3H3,(H,23,25)/b22-13+/t15-/m1/s1. The van der Waals surface area contributed by atoms with Crippen molar-refractivity contribution in [3.05, 3.63) is 54.1 Å². The quantitative estimate of drug-likeness (QED) is 0.374. The third kappa shape index (κ3) is 7.17. The number of nitrogens with zero attached hydrogens (tertiary/aromatic N) is 1. The second-order valence-electron chi connectivity index (χ2n) is 5.81. The van der Waals surface area contributed by atoms with E-state index in [-0.39, 0.29) is 19.1 Å². The number of hydrogen-bond acceptors (Lipinski definition) is 7. The zero-order valence-electron chi connectivity index (χ0n) is 16.6. The lowest BCUT2D eigenvalue weighted by atomic mass is 10.2. The summed E-state index contributed by atoms with van der Waals surface area (Å²) in [7, 11) is 1.48. The normalized spacial score (nSPS) is 11.6. The van der Waals surface area contributed by atoms with Crippen LogP contribution in [0.1, 0.15) is 19.4 Å². The van der Waals surface area contributed by atoms with E-state index in [2.05, 4.69) is 10.5 Å². The van der Waals surface area contributed by atoms with Crippen LogP contribution in [0.25, 0.3) is 0 Å². The van der Waals surface area contributed by atoms with Crippen molar-refractivity contribution >= 4 is 18.1 Å². The summed E-state index contributed by atoms with van der Waals surface area (Å²) in [5, 5.41) is 3.93. The molecule has 0 aliphatic rings. The molecule has 2 rings (SSSR count). The van der Waals surface area contributed by atoms with E-state index in [0.717, 1.165) is 0 Å². The van der Waals surface area contributed by atoms with E-state index >= 15 is 0 Å². The minimum Gasteiger partial charge on any atom is -0.493 e. The van der Waals surface area contributed by atoms with E-state index in [4.69, 9.17) is 18.9 Å². The molecule has 0 radical (unpaired) electrons. The number of esters is 1. The van der Waals surface area contributed by atoms with E-state index in [9.17, 15) is 9.59 Å². The van der Waals surface area contributed by atoms with E-state index in [0.29, 0.717) is 22.8 Å². The first-order valence-electron chi connectivity index (χ1n) is 9.04. The minimum atomic E-state index is -0.706. The van der Waals surface area contributed by atoms with Gasteiger partial charge in [0.05, 0.1) is 19.9 Å². The van der Waals surface area contributed by atoms with E-state index in [1.165, 1.54) is 13.3 Å². The Labute approximate surface area is 169 Å². The van der Waals surface area contributed by atoms with Crippen LogP contribution in [0, 0.1) is 0 Å². The molecule has 0 aromatic heterocycles. The fraction of sp³-hybridized carbons (Fsp3) is 0.286. The fourth-order valence-electron chi connectivity index (χ4n) is 2.24. The number of carbonyl (C=O) groups excluding carboxylic acids is 2. The van der Waals surface area contributed by atoms with Crippen LogP contribution in [0.15, 0.2) is 53.6 Å². The van der Waals surface area contributed by atoms with Gasteiger partial charge in [-0.3, -0.25) is 4.79 Å². The molecular formula is C21H24N2O6. The molecule has 2 aromatic rings. The number of ether oxygens (including phenoxy) is 4. The number of nitrogens with one attached hydrogen (secondary N) is 1. The van der Waals surface area contributed by atoms with E-state index in [1.54, 1.807) is 44.2 Å². The van der Waals surface area contributed by atoms with Crippen molar-refractivity contribution in [2.45, 2.75) is 20.0 Å². The van der Waals surface area contributed by atoms with Crippen LogP contribution >= 0.6 is 0 Å². The van der Waals surface area contributed by atoms with Gasteiger partial charge in [0.15, 0.2) is 24.2 Å². The average molecular weight is 400 g/mol. The summed E-state index contributed by atoms with van der Waals surface area (Å²) in [6.07, 6.45) is 0.757. The lowest BCUT2D eigenvalue weighted by Gasteiger charge is -2.12. The molecule has 154 valence electrons. The van der Waals surface area contributed by atoms with Gasteiger partial charge in [-0.2, -0.15) is 5.10 Å². The molecule has 8 nitrogen and oxygen atoms in total. The van der Waals surface area contributed by atoms with Gasteiger partial charge >= 0.3 is 5.97 Å². The summed E-state index contributed by atoms with van der Waals surface area (Å²) in [4.78, 5) is 23.5. The lowest BCUT2D eigenvalue weighted by molar-refractivity contribution is -0.145. The number of hydrogen-bond donors (Lipinski definition) is 1. The van der Waals surface area contributed by atoms with Crippen LogP contribution in [-0.2, 0) is 14.3 Å². The van der Waals surface area contributed by atoms with Crippen molar-refractivity contribution in [3.8, 4) is 17.2 Å². The van der Waals surface area contributed by atoms with Gasteiger partial charge in [-0.1, -0.05) is 18.2 Å². The Morgan fingerprint density at radius 2 is 1.90 bits per heavy atom. The SMILES string of the molecule is CCOC(=O)COc1ccc(/C=N/NC(=O)[C@@H](C)Oc2ccccc2)cc1OC. The van der Waals surface area contributed by atoms with E-state index in [1.807, 2.05) is 18.2 Å². The number of carbonyl (C=O) groups is 2. The highest BCUT2D eigenvalue weighted by molar-refractivity contribution is 5.85. The van der Waals surface area contributed by atoms with Crippen LogP contribution in [0.2, 0.25) is 0 Å². The molecule has 0 saturated heterocycles. The van der Waals surface area contributed by atoms with Crippen LogP contribution < -0.4 is 19.6 Å². The Hall–Kier alpha value is -3.55. The summed E-state index contributed by atoms with van der Waals surface area (Å²) in [5.41, 5.74) is 3.10. The zero-order valence-corrected chi connectivity index (χ0v) is 16.6. The molecule has 0 fully saturated rings. The third-order valence-corrected chi connectivity index (χ3v) is 3.65. The lowest BCUT2D eigenvalue weighted by Crippen LogP contribution is -2.33. The first kappa shape index (κ1) is 21.7. The Kier molecular flexibility index (Phi) is 8.50. The summed E-state index contributed by atoms with van der Waals surface area (Å²) < 4.78 is 21.0. The predicted octanol–water partition coefficient (Wildman–Crippen LogP) is 2.55. The third-order valence-electron chi connectivity index (χ3n) is 3.65. The molecule has 8 heteroatoms. The number of rotatable bonds is 10. The van der Waals surface area contributed by atoms with Crippen molar-refractivity contribution in [2.24, 2.45) is 5.10 Å². The van der Waals surface area contributed by atoms with Gasteiger partial charge in [0.2, 0.25) is 0 Å². The monoisotopic (exact) mass is 400 g/mol. The fourth-order valence-corrected chi connectivity index (χ4v) is 2.24. The van der Waals surface area contributed by atoms with Crippen LogP contribution in [0.5, 0.6) is 17.2 Å². The van der Waals surface area contributed by atoms with Gasteiger partial charge in [-0.05, 0) is 49.7 Å². The van der Waals surface area contributed by atoms with Gasteiger partial charge in [0.25, 0.3) is 5.91 Å². The molecule has 0 heterocycles. The topological polar surface area (TPSA) is 95.5 Å². The maximum atomic E-state index is 12.1. The molecule has 29 heavy (non-hydrogen) atoms. The zero-order chi connectivity index (χ0) is 21.1. The number of methoxy groups -OCH3 is 1. The van der Waals surface area contributed by atoms with Crippen molar-refractivity contribution in [2.75, 3.05) is 20.3 Å². The molecule has 1 amide bonds. The van der Waals surface area contributed by atoms with Crippen LogP contribution in [0.3, 0.4) is 0 Å². The van der Waals surface area contributed by atoms with Gasteiger partial charge in [-0.25, -0.2) is 10.2 Å². The predicted molar refractivity (Wildman–Crippen MR) is 107 cm³/mol. The van der Waals surface area contributed by atoms with Crippen molar-refractivity contribution < 1.29 is 28.5 Å². The molecule has 0 aliphatic heterocycles. The summed E-state index contributed by atoms with van der Waals surface area (Å²) in [5.74, 6) is 0.570. The van der Waals surface area contributed by atoms with Crippen molar-refractivity contribution in [1.82, 2.24) is 5.43 Å². The van der Waals surface area contributed by atoms with Gasteiger partial charge in [0.1, 0.15) is 5.75 Å². The van der Waals surface area contributed by atoms with Gasteiger partial charge in [-0.15, -0.1) is 0 Å². The first-order chi connectivity index (χ1) is 14.0. The molecular weight excluding hydrogens is 376 g/mol. The maximum Gasteiger partial charge on any atom is 0.344 e. The number of para-hydroxylation sites is 1. The molecule has 0 unspecified atom stereocenters. The van der Waals surface area contributed by atoms with Gasteiger partial charge in [0, 0.05) is 0 Å². The average Bonchev–Trinajstić information content (AvgIpc) is 2.73. The van der Waals surface area contributed by atoms with Crippen molar-refractivity contribution in [3.63, 3.8) is 0 Å². The van der Waals surface area contributed by atoms with Gasteiger partial charge < -0.3 is 18.9 Å². The molecule has 1 atom stereocenters. The smallest absolute Gasteiger partial charge is 0.344 e. The summed E-state index contributed by atoms with van der Waals surface area (Å²) in [6.45, 7) is 3.43. The van der Waals surface area contributed by atoms with Crippen LogP contribution in [0.4, 0.5) is 0 Å². The van der Waals surface area contributed by atoms with E-state index < -0.39 is 12.1 Å². The number of benzene rings is 2. The number of amides is 1. The largest absolute Gasteiger partial charge is 0.493 e. The molecule has 0 spiro atoms. The highest BCUT2D eigenvalue weighted by Crippen LogP contribution is 2.27. The van der Waals surface area contributed by atoms with Crippen LogP contribution in [-0.4, -0.2) is 44.5 Å². The highest BCUT2D eigenvalue weighted by Gasteiger charge is 2.13. The molecule has 2 aromatic carbocycles. The Morgan fingerprint density at radius 1 is 1.14 bits per heavy atom. The Balaban J connectivity index is 1.90. The molecule has 0 saturated carbocycles. The summed E-state index contributed by atoms with van der Waals surface area (Å²) >= 11 is 0. The Bertz CT molecular complexity index is 838.